The van der Waals surface area contributed by atoms with Crippen LogP contribution in [-0.2, 0) is 5.60 Å². The Morgan fingerprint density at radius 3 is 2.67 bits per heavy atom. The van der Waals surface area contributed by atoms with Gasteiger partial charge in [0.1, 0.15) is 11.6 Å². The van der Waals surface area contributed by atoms with E-state index in [0.29, 0.717) is 23.7 Å². The molecule has 0 aromatic heterocycles. The summed E-state index contributed by atoms with van der Waals surface area (Å²) in [6, 6.07) is 4.67. The molecule has 18 heavy (non-hydrogen) atoms. The molecule has 0 bridgehead atoms. The zero-order chi connectivity index (χ0) is 13.2. The maximum absolute atomic E-state index is 14.0. The number of benzene rings is 1. The van der Waals surface area contributed by atoms with Crippen LogP contribution in [0, 0.1) is 11.7 Å². The molecule has 1 atom stereocenters. The van der Waals surface area contributed by atoms with E-state index < -0.39 is 11.4 Å². The summed E-state index contributed by atoms with van der Waals surface area (Å²) in [5, 5.41) is 10.6. The van der Waals surface area contributed by atoms with Crippen LogP contribution in [0.3, 0.4) is 0 Å². The van der Waals surface area contributed by atoms with E-state index in [0.717, 1.165) is 12.8 Å². The fourth-order valence-electron chi connectivity index (χ4n) is 3.08. The summed E-state index contributed by atoms with van der Waals surface area (Å²) in [6.45, 7) is 1.69. The third kappa shape index (κ3) is 2.66. The van der Waals surface area contributed by atoms with Crippen LogP contribution in [0.1, 0.15) is 44.6 Å². The third-order valence-corrected chi connectivity index (χ3v) is 3.89. The molecule has 0 radical (unpaired) electrons. The summed E-state index contributed by atoms with van der Waals surface area (Å²) in [5.74, 6) is 0.527. The molecule has 1 aliphatic carbocycles. The fourth-order valence-corrected chi connectivity index (χ4v) is 3.08. The highest BCUT2D eigenvalue weighted by molar-refractivity contribution is 5.38. The number of ether oxygens (including phenoxy) is 1. The molecule has 1 aromatic carbocycles. The number of hydrogen-bond donors (Lipinski definition) is 1. The van der Waals surface area contributed by atoms with Gasteiger partial charge in [-0.3, -0.25) is 0 Å². The molecule has 1 saturated carbocycles. The number of methoxy groups -OCH3 is 1. The minimum Gasteiger partial charge on any atom is -0.496 e. The van der Waals surface area contributed by atoms with Gasteiger partial charge in [0.05, 0.1) is 18.3 Å². The van der Waals surface area contributed by atoms with Crippen molar-refractivity contribution in [1.82, 2.24) is 0 Å². The molecule has 0 heterocycles. The molecule has 0 aliphatic heterocycles. The molecule has 0 spiro atoms. The van der Waals surface area contributed by atoms with Crippen LogP contribution in [0.2, 0.25) is 0 Å². The first-order valence-corrected chi connectivity index (χ1v) is 6.60. The lowest BCUT2D eigenvalue weighted by atomic mass is 9.84. The standard InChI is InChI=1S/C15H21FO2/c1-15(17,10-11-6-3-4-7-11)14-12(16)8-5-9-13(14)18-2/h5,8-9,11,17H,3-4,6-7,10H2,1-2H3. The van der Waals surface area contributed by atoms with Crippen molar-refractivity contribution in [3.63, 3.8) is 0 Å². The molecule has 3 heteroatoms. The molecular weight excluding hydrogens is 231 g/mol. The van der Waals surface area contributed by atoms with E-state index in [2.05, 4.69) is 0 Å². The number of aliphatic hydroxyl groups is 1. The molecule has 1 unspecified atom stereocenters. The zero-order valence-electron chi connectivity index (χ0n) is 11.1. The predicted molar refractivity (Wildman–Crippen MR) is 69.1 cm³/mol. The molecule has 1 aliphatic rings. The van der Waals surface area contributed by atoms with Crippen molar-refractivity contribution in [2.75, 3.05) is 7.11 Å². The van der Waals surface area contributed by atoms with E-state index in [1.54, 1.807) is 19.1 Å². The van der Waals surface area contributed by atoms with Gasteiger partial charge < -0.3 is 9.84 Å². The highest BCUT2D eigenvalue weighted by atomic mass is 19.1. The van der Waals surface area contributed by atoms with Crippen LogP contribution in [0.5, 0.6) is 5.75 Å². The monoisotopic (exact) mass is 252 g/mol. The summed E-state index contributed by atoms with van der Waals surface area (Å²) in [5.41, 5.74) is -0.870. The smallest absolute Gasteiger partial charge is 0.133 e. The summed E-state index contributed by atoms with van der Waals surface area (Å²) < 4.78 is 19.1. The second-order valence-electron chi connectivity index (χ2n) is 5.45. The Hall–Kier alpha value is -1.09. The lowest BCUT2D eigenvalue weighted by molar-refractivity contribution is 0.0250. The second kappa shape index (κ2) is 5.27. The molecule has 2 nitrogen and oxygen atoms in total. The van der Waals surface area contributed by atoms with E-state index in [9.17, 15) is 9.50 Å². The van der Waals surface area contributed by atoms with Crippen molar-refractivity contribution in [3.8, 4) is 5.75 Å². The van der Waals surface area contributed by atoms with E-state index in [1.807, 2.05) is 0 Å². The highest BCUT2D eigenvalue weighted by Gasteiger charge is 2.33. The largest absolute Gasteiger partial charge is 0.496 e. The fraction of sp³-hybridized carbons (Fsp3) is 0.600. The minimum atomic E-state index is -1.16. The molecule has 1 N–H and O–H groups in total. The van der Waals surface area contributed by atoms with Crippen molar-refractivity contribution in [2.45, 2.75) is 44.6 Å². The lowest BCUT2D eigenvalue weighted by Gasteiger charge is -2.28. The molecule has 1 fully saturated rings. The van der Waals surface area contributed by atoms with E-state index in [-0.39, 0.29) is 0 Å². The normalized spacial score (nSPS) is 19.8. The number of rotatable bonds is 4. The van der Waals surface area contributed by atoms with Gasteiger partial charge in [-0.2, -0.15) is 0 Å². The molecule has 100 valence electrons. The molecule has 1 aromatic rings. The SMILES string of the molecule is COc1cccc(F)c1C(C)(O)CC1CCCC1. The Kier molecular flexibility index (Phi) is 3.91. The van der Waals surface area contributed by atoms with Crippen LogP contribution in [0.15, 0.2) is 18.2 Å². The topological polar surface area (TPSA) is 29.5 Å². The van der Waals surface area contributed by atoms with Crippen molar-refractivity contribution in [2.24, 2.45) is 5.92 Å². The summed E-state index contributed by atoms with van der Waals surface area (Å²) in [7, 11) is 1.50. The van der Waals surface area contributed by atoms with Gasteiger partial charge in [-0.15, -0.1) is 0 Å². The van der Waals surface area contributed by atoms with E-state index in [1.165, 1.54) is 26.0 Å². The van der Waals surface area contributed by atoms with Crippen molar-refractivity contribution >= 4 is 0 Å². The van der Waals surface area contributed by atoms with Gasteiger partial charge in [-0.05, 0) is 31.4 Å². The average molecular weight is 252 g/mol. The van der Waals surface area contributed by atoms with Crippen molar-refractivity contribution in [3.05, 3.63) is 29.6 Å². The van der Waals surface area contributed by atoms with Gasteiger partial charge in [0, 0.05) is 0 Å². The summed E-state index contributed by atoms with van der Waals surface area (Å²) >= 11 is 0. The zero-order valence-corrected chi connectivity index (χ0v) is 11.1. The molecule has 0 amide bonds. The van der Waals surface area contributed by atoms with Gasteiger partial charge in [0.2, 0.25) is 0 Å². The van der Waals surface area contributed by atoms with Crippen LogP contribution in [-0.4, -0.2) is 12.2 Å². The van der Waals surface area contributed by atoms with Gasteiger partial charge >= 0.3 is 0 Å². The first kappa shape index (κ1) is 13.3. The first-order chi connectivity index (χ1) is 8.54. The highest BCUT2D eigenvalue weighted by Crippen LogP contribution is 2.40. The van der Waals surface area contributed by atoms with Gasteiger partial charge in [-0.25, -0.2) is 4.39 Å². The van der Waals surface area contributed by atoms with Crippen molar-refractivity contribution < 1.29 is 14.2 Å². The van der Waals surface area contributed by atoms with Crippen LogP contribution < -0.4 is 4.74 Å². The third-order valence-electron chi connectivity index (χ3n) is 3.89. The molecular formula is C15H21FO2. The minimum absolute atomic E-state index is 0.291. The van der Waals surface area contributed by atoms with Gasteiger partial charge in [-0.1, -0.05) is 31.7 Å². The Morgan fingerprint density at radius 1 is 1.39 bits per heavy atom. The lowest BCUT2D eigenvalue weighted by Crippen LogP contribution is -2.26. The number of hydrogen-bond acceptors (Lipinski definition) is 2. The van der Waals surface area contributed by atoms with Crippen LogP contribution in [0.25, 0.3) is 0 Å². The Morgan fingerprint density at radius 2 is 2.06 bits per heavy atom. The Bertz CT molecular complexity index is 409. The van der Waals surface area contributed by atoms with Gasteiger partial charge in [0.25, 0.3) is 0 Å². The van der Waals surface area contributed by atoms with Crippen molar-refractivity contribution in [1.29, 1.82) is 0 Å². The predicted octanol–water partition coefficient (Wildman–Crippen LogP) is 3.62. The molecule has 2 rings (SSSR count). The van der Waals surface area contributed by atoms with Crippen LogP contribution in [0.4, 0.5) is 4.39 Å². The van der Waals surface area contributed by atoms with Gasteiger partial charge in [0.15, 0.2) is 0 Å². The first-order valence-electron chi connectivity index (χ1n) is 6.60. The van der Waals surface area contributed by atoms with E-state index in [4.69, 9.17) is 4.74 Å². The molecule has 0 saturated heterocycles. The van der Waals surface area contributed by atoms with E-state index >= 15 is 0 Å². The average Bonchev–Trinajstić information content (AvgIpc) is 2.80. The maximum atomic E-state index is 14.0. The van der Waals surface area contributed by atoms with Crippen LogP contribution >= 0.6 is 0 Å². The second-order valence-corrected chi connectivity index (χ2v) is 5.45. The quantitative estimate of drug-likeness (QED) is 0.886. The summed E-state index contributed by atoms with van der Waals surface area (Å²) in [4.78, 5) is 0. The summed E-state index contributed by atoms with van der Waals surface area (Å²) in [6.07, 6.45) is 5.30. The Labute approximate surface area is 108 Å². The Balaban J connectivity index is 2.27. The maximum Gasteiger partial charge on any atom is 0.133 e. The number of halogens is 1.